The highest BCUT2D eigenvalue weighted by molar-refractivity contribution is 5.68. The molecule has 0 spiro atoms. The quantitative estimate of drug-likeness (QED) is 0.924. The minimum atomic E-state index is -0.453. The Hall–Kier alpha value is -1.69. The van der Waals surface area contributed by atoms with Gasteiger partial charge in [0.25, 0.3) is 0 Å². The van der Waals surface area contributed by atoms with Gasteiger partial charge in [-0.25, -0.2) is 14.8 Å². The van der Waals surface area contributed by atoms with E-state index in [4.69, 9.17) is 4.74 Å². The average molecular weight is 320 g/mol. The molecule has 0 aromatic carbocycles. The van der Waals surface area contributed by atoms with Crippen LogP contribution >= 0.6 is 0 Å². The third-order valence-electron chi connectivity index (χ3n) is 3.77. The van der Waals surface area contributed by atoms with Gasteiger partial charge in [0.15, 0.2) is 0 Å². The zero-order valence-electron chi connectivity index (χ0n) is 14.6. The molecule has 0 saturated carbocycles. The van der Waals surface area contributed by atoms with Crippen LogP contribution in [0.5, 0.6) is 0 Å². The van der Waals surface area contributed by atoms with Gasteiger partial charge >= 0.3 is 6.09 Å². The Labute approximate surface area is 138 Å². The van der Waals surface area contributed by atoms with Gasteiger partial charge in [-0.1, -0.05) is 0 Å². The number of likely N-dealkylation sites (tertiary alicyclic amines) is 1. The van der Waals surface area contributed by atoms with Crippen LogP contribution in [0.2, 0.25) is 0 Å². The minimum Gasteiger partial charge on any atom is -0.444 e. The van der Waals surface area contributed by atoms with Crippen molar-refractivity contribution in [3.8, 4) is 0 Å². The maximum absolute atomic E-state index is 12.4. The molecule has 6 heteroatoms. The van der Waals surface area contributed by atoms with Gasteiger partial charge in [-0.15, -0.1) is 0 Å². The van der Waals surface area contributed by atoms with Crippen molar-refractivity contribution < 1.29 is 9.53 Å². The average Bonchev–Trinajstić information content (AvgIpc) is 2.46. The molecule has 1 N–H and O–H groups in total. The Bertz CT molecular complexity index is 528. The Kier molecular flexibility index (Phi) is 5.93. The third kappa shape index (κ3) is 5.78. The molecule has 1 aliphatic heterocycles. The zero-order valence-corrected chi connectivity index (χ0v) is 14.6. The van der Waals surface area contributed by atoms with Crippen molar-refractivity contribution in [2.75, 3.05) is 13.1 Å². The first-order valence-electron chi connectivity index (χ1n) is 8.34. The monoisotopic (exact) mass is 320 g/mol. The Morgan fingerprint density at radius 3 is 2.91 bits per heavy atom. The predicted octanol–water partition coefficient (Wildman–Crippen LogP) is 2.66. The van der Waals surface area contributed by atoms with E-state index in [2.05, 4.69) is 15.3 Å². The van der Waals surface area contributed by atoms with E-state index in [1.54, 1.807) is 6.20 Å². The topological polar surface area (TPSA) is 67.4 Å². The van der Waals surface area contributed by atoms with Gasteiger partial charge in [0.1, 0.15) is 11.4 Å². The Morgan fingerprint density at radius 1 is 1.43 bits per heavy atom. The molecule has 6 nitrogen and oxygen atoms in total. The minimum absolute atomic E-state index is 0.182. The van der Waals surface area contributed by atoms with E-state index < -0.39 is 5.60 Å². The maximum atomic E-state index is 12.4. The van der Waals surface area contributed by atoms with Crippen LogP contribution in [-0.2, 0) is 11.3 Å². The molecule has 1 fully saturated rings. The van der Waals surface area contributed by atoms with Crippen LogP contribution in [-0.4, -0.2) is 45.7 Å². The molecule has 0 radical (unpaired) electrons. The van der Waals surface area contributed by atoms with Gasteiger partial charge in [0.2, 0.25) is 0 Å². The fourth-order valence-corrected chi connectivity index (χ4v) is 2.74. The number of carbonyl (C=O) groups is 1. The summed E-state index contributed by atoms with van der Waals surface area (Å²) in [7, 11) is 0. The highest BCUT2D eigenvalue weighted by Gasteiger charge is 2.30. The molecular weight excluding hydrogens is 292 g/mol. The van der Waals surface area contributed by atoms with Gasteiger partial charge in [-0.3, -0.25) is 0 Å². The number of amides is 1. The van der Waals surface area contributed by atoms with Crippen LogP contribution < -0.4 is 5.32 Å². The fourth-order valence-electron chi connectivity index (χ4n) is 2.74. The summed E-state index contributed by atoms with van der Waals surface area (Å²) in [5, 5.41) is 3.41. The number of nitrogens with zero attached hydrogens (tertiary/aromatic N) is 3. The first kappa shape index (κ1) is 17.7. The van der Waals surface area contributed by atoms with Crippen molar-refractivity contribution in [1.29, 1.82) is 0 Å². The third-order valence-corrected chi connectivity index (χ3v) is 3.77. The van der Waals surface area contributed by atoms with Crippen LogP contribution in [0.15, 0.2) is 12.3 Å². The number of carbonyl (C=O) groups excluding carboxylic acids is 1. The highest BCUT2D eigenvalue weighted by atomic mass is 16.6. The summed E-state index contributed by atoms with van der Waals surface area (Å²) in [6, 6.07) is 2.09. The second-order valence-electron chi connectivity index (χ2n) is 7.05. The summed E-state index contributed by atoms with van der Waals surface area (Å²) >= 11 is 0. The summed E-state index contributed by atoms with van der Waals surface area (Å²) in [5.41, 5.74) is 0.516. The number of aromatic nitrogens is 2. The van der Waals surface area contributed by atoms with Gasteiger partial charge < -0.3 is 15.0 Å². The molecule has 2 heterocycles. The Morgan fingerprint density at radius 2 is 2.22 bits per heavy atom. The number of piperidine rings is 1. The second kappa shape index (κ2) is 7.73. The molecule has 1 unspecified atom stereocenters. The molecule has 0 bridgehead atoms. The van der Waals surface area contributed by atoms with E-state index in [0.29, 0.717) is 6.54 Å². The number of nitrogens with one attached hydrogen (secondary N) is 1. The largest absolute Gasteiger partial charge is 0.444 e. The molecule has 0 aliphatic carbocycles. The van der Waals surface area contributed by atoms with Crippen molar-refractivity contribution in [1.82, 2.24) is 20.2 Å². The molecule has 2 rings (SSSR count). The SMILES string of the molecule is Cc1nccc(CNCC2CCCCN2C(=O)OC(C)(C)C)n1. The van der Waals surface area contributed by atoms with Crippen LogP contribution in [0.25, 0.3) is 0 Å². The normalized spacial score (nSPS) is 18.8. The summed E-state index contributed by atoms with van der Waals surface area (Å²) in [6.45, 7) is 9.80. The lowest BCUT2D eigenvalue weighted by atomic mass is 10.0. The van der Waals surface area contributed by atoms with Gasteiger partial charge in [0.05, 0.1) is 5.69 Å². The number of ether oxygens (including phenoxy) is 1. The number of hydrogen-bond acceptors (Lipinski definition) is 5. The number of aryl methyl sites for hydroxylation is 1. The highest BCUT2D eigenvalue weighted by Crippen LogP contribution is 2.20. The van der Waals surface area contributed by atoms with Gasteiger partial charge in [0, 0.05) is 31.9 Å². The van der Waals surface area contributed by atoms with E-state index in [1.807, 2.05) is 38.7 Å². The van der Waals surface area contributed by atoms with Gasteiger partial charge in [-0.05, 0) is 53.0 Å². The van der Waals surface area contributed by atoms with E-state index in [1.165, 1.54) is 0 Å². The standard InChI is InChI=1S/C17H28N4O2/c1-13-19-9-8-14(20-13)11-18-12-15-7-5-6-10-21(15)16(22)23-17(2,3)4/h8-9,15,18H,5-7,10-12H2,1-4H3. The van der Waals surface area contributed by atoms with Gasteiger partial charge in [-0.2, -0.15) is 0 Å². The van der Waals surface area contributed by atoms with E-state index in [0.717, 1.165) is 43.9 Å². The lowest BCUT2D eigenvalue weighted by molar-refractivity contribution is 0.00993. The number of hydrogen-bond donors (Lipinski definition) is 1. The van der Waals surface area contributed by atoms with Crippen LogP contribution in [0.3, 0.4) is 0 Å². The van der Waals surface area contributed by atoms with Crippen molar-refractivity contribution in [3.05, 3.63) is 23.8 Å². The van der Waals surface area contributed by atoms with Crippen molar-refractivity contribution in [2.45, 2.75) is 65.1 Å². The molecule has 1 aliphatic rings. The van der Waals surface area contributed by atoms with E-state index in [9.17, 15) is 4.79 Å². The number of rotatable bonds is 4. The smallest absolute Gasteiger partial charge is 0.410 e. The second-order valence-corrected chi connectivity index (χ2v) is 7.05. The van der Waals surface area contributed by atoms with Crippen LogP contribution in [0.4, 0.5) is 4.79 Å². The summed E-state index contributed by atoms with van der Waals surface area (Å²) in [5.74, 6) is 0.775. The van der Waals surface area contributed by atoms with Crippen molar-refractivity contribution in [2.24, 2.45) is 0 Å². The molecule has 1 amide bonds. The van der Waals surface area contributed by atoms with Crippen LogP contribution in [0, 0.1) is 6.92 Å². The first-order valence-corrected chi connectivity index (χ1v) is 8.34. The van der Waals surface area contributed by atoms with E-state index >= 15 is 0 Å². The zero-order chi connectivity index (χ0) is 16.9. The molecule has 1 aromatic heterocycles. The molecule has 23 heavy (non-hydrogen) atoms. The summed E-state index contributed by atoms with van der Waals surface area (Å²) < 4.78 is 5.53. The molecule has 1 aromatic rings. The van der Waals surface area contributed by atoms with E-state index in [-0.39, 0.29) is 12.1 Å². The lowest BCUT2D eigenvalue weighted by Crippen LogP contribution is -2.50. The molecular formula is C17H28N4O2. The fraction of sp³-hybridized carbons (Fsp3) is 0.706. The summed E-state index contributed by atoms with van der Waals surface area (Å²) in [6.07, 6.45) is 4.77. The first-order chi connectivity index (χ1) is 10.8. The molecule has 128 valence electrons. The van der Waals surface area contributed by atoms with Crippen molar-refractivity contribution >= 4 is 6.09 Å². The lowest BCUT2D eigenvalue weighted by Gasteiger charge is -2.36. The predicted molar refractivity (Wildman–Crippen MR) is 89.1 cm³/mol. The molecule has 1 saturated heterocycles. The van der Waals surface area contributed by atoms with Crippen molar-refractivity contribution in [3.63, 3.8) is 0 Å². The summed E-state index contributed by atoms with van der Waals surface area (Å²) in [4.78, 5) is 22.7. The Balaban J connectivity index is 1.87. The maximum Gasteiger partial charge on any atom is 0.410 e. The van der Waals surface area contributed by atoms with Crippen LogP contribution in [0.1, 0.15) is 51.6 Å². The molecule has 1 atom stereocenters.